The molecule has 4 fully saturated rings. The highest BCUT2D eigenvalue weighted by atomic mass is 16.6. The monoisotopic (exact) mass is 464 g/mol. The second-order valence-electron chi connectivity index (χ2n) is 10.6. The molecule has 1 aliphatic carbocycles. The SMILES string of the molecule is CC1C(N2CCN(CCCC(=O)O)CC2)OC(=O)N1CCC1CCN(C2CCCCC2)CC1. The largest absolute Gasteiger partial charge is 0.481 e. The second kappa shape index (κ2) is 11.8. The van der Waals surface area contributed by atoms with Crippen molar-refractivity contribution >= 4 is 12.1 Å². The molecule has 2 unspecified atom stereocenters. The van der Waals surface area contributed by atoms with Crippen LogP contribution in [0.25, 0.3) is 0 Å². The van der Waals surface area contributed by atoms with Crippen LogP contribution in [0.2, 0.25) is 0 Å². The number of carboxylic acid groups (broad SMARTS) is 1. The third-order valence-corrected chi connectivity index (χ3v) is 8.51. The lowest BCUT2D eigenvalue weighted by molar-refractivity contribution is -0.137. The summed E-state index contributed by atoms with van der Waals surface area (Å²) < 4.78 is 5.82. The first-order chi connectivity index (χ1) is 16.0. The van der Waals surface area contributed by atoms with E-state index >= 15 is 0 Å². The third kappa shape index (κ3) is 6.61. The summed E-state index contributed by atoms with van der Waals surface area (Å²) in [6, 6.07) is 0.907. The molecule has 0 bridgehead atoms. The maximum Gasteiger partial charge on any atom is 0.411 e. The van der Waals surface area contributed by atoms with Crippen molar-refractivity contribution in [2.45, 2.75) is 89.4 Å². The number of piperidine rings is 1. The number of carboxylic acids is 1. The Balaban J connectivity index is 1.16. The Labute approximate surface area is 199 Å². The van der Waals surface area contributed by atoms with E-state index in [1.807, 2.05) is 4.90 Å². The van der Waals surface area contributed by atoms with Gasteiger partial charge in [0.25, 0.3) is 0 Å². The number of ether oxygens (including phenoxy) is 1. The molecule has 0 radical (unpaired) electrons. The van der Waals surface area contributed by atoms with Crippen LogP contribution in [0.5, 0.6) is 0 Å². The van der Waals surface area contributed by atoms with Crippen molar-refractivity contribution in [1.82, 2.24) is 19.6 Å². The number of carbonyl (C=O) groups is 2. The fraction of sp³-hybridized carbons (Fsp3) is 0.920. The Morgan fingerprint density at radius 2 is 1.64 bits per heavy atom. The zero-order chi connectivity index (χ0) is 23.2. The molecule has 8 heteroatoms. The smallest absolute Gasteiger partial charge is 0.411 e. The summed E-state index contributed by atoms with van der Waals surface area (Å²) >= 11 is 0. The molecule has 0 aromatic heterocycles. The van der Waals surface area contributed by atoms with E-state index in [0.717, 1.165) is 57.6 Å². The molecule has 3 aliphatic heterocycles. The van der Waals surface area contributed by atoms with Crippen LogP contribution in [0.1, 0.15) is 71.1 Å². The van der Waals surface area contributed by atoms with Gasteiger partial charge in [0.1, 0.15) is 0 Å². The van der Waals surface area contributed by atoms with Gasteiger partial charge >= 0.3 is 12.1 Å². The Kier molecular flexibility index (Phi) is 8.88. The number of carbonyl (C=O) groups excluding carboxylic acids is 1. The van der Waals surface area contributed by atoms with Gasteiger partial charge in [0.05, 0.1) is 6.04 Å². The molecule has 4 rings (SSSR count). The average Bonchev–Trinajstić information content (AvgIpc) is 3.12. The van der Waals surface area contributed by atoms with Crippen LogP contribution in [0.4, 0.5) is 4.79 Å². The summed E-state index contributed by atoms with van der Waals surface area (Å²) in [4.78, 5) is 32.7. The minimum Gasteiger partial charge on any atom is -0.481 e. The summed E-state index contributed by atoms with van der Waals surface area (Å²) in [6.45, 7) is 9.75. The topological polar surface area (TPSA) is 76.6 Å². The van der Waals surface area contributed by atoms with Crippen molar-refractivity contribution in [3.05, 3.63) is 0 Å². The first-order valence-electron chi connectivity index (χ1n) is 13.4. The number of hydrogen-bond donors (Lipinski definition) is 1. The highest BCUT2D eigenvalue weighted by Gasteiger charge is 2.42. The molecule has 3 heterocycles. The van der Waals surface area contributed by atoms with Crippen molar-refractivity contribution in [3.63, 3.8) is 0 Å². The van der Waals surface area contributed by atoms with E-state index in [9.17, 15) is 9.59 Å². The molecule has 1 saturated carbocycles. The van der Waals surface area contributed by atoms with Crippen LogP contribution in [0.15, 0.2) is 0 Å². The first kappa shape index (κ1) is 24.7. The van der Waals surface area contributed by atoms with Crippen molar-refractivity contribution in [3.8, 4) is 0 Å². The molecule has 0 spiro atoms. The molecule has 2 atom stereocenters. The molecule has 1 amide bonds. The van der Waals surface area contributed by atoms with Gasteiger partial charge in [-0.2, -0.15) is 0 Å². The average molecular weight is 465 g/mol. The Morgan fingerprint density at radius 3 is 2.30 bits per heavy atom. The van der Waals surface area contributed by atoms with E-state index < -0.39 is 5.97 Å². The van der Waals surface area contributed by atoms with Crippen molar-refractivity contribution < 1.29 is 19.4 Å². The minimum absolute atomic E-state index is 0.0818. The first-order valence-corrected chi connectivity index (χ1v) is 13.4. The van der Waals surface area contributed by atoms with Crippen LogP contribution in [-0.4, -0.2) is 107 Å². The Hall–Kier alpha value is -1.38. The van der Waals surface area contributed by atoms with E-state index in [4.69, 9.17) is 9.84 Å². The lowest BCUT2D eigenvalue weighted by Gasteiger charge is -2.40. The Morgan fingerprint density at radius 1 is 0.939 bits per heavy atom. The van der Waals surface area contributed by atoms with E-state index in [1.165, 1.54) is 58.0 Å². The predicted octanol–water partition coefficient (Wildman–Crippen LogP) is 3.07. The van der Waals surface area contributed by atoms with Gasteiger partial charge in [0.2, 0.25) is 0 Å². The van der Waals surface area contributed by atoms with Gasteiger partial charge in [0.15, 0.2) is 6.23 Å². The molecule has 3 saturated heterocycles. The van der Waals surface area contributed by atoms with Crippen LogP contribution < -0.4 is 0 Å². The normalized spacial score (nSPS) is 29.5. The van der Waals surface area contributed by atoms with Crippen LogP contribution in [0.3, 0.4) is 0 Å². The summed E-state index contributed by atoms with van der Waals surface area (Å²) in [5.41, 5.74) is 0. The third-order valence-electron chi connectivity index (χ3n) is 8.51. The summed E-state index contributed by atoms with van der Waals surface area (Å²) in [6.07, 6.45) is 11.2. The van der Waals surface area contributed by atoms with Crippen LogP contribution in [0, 0.1) is 5.92 Å². The van der Waals surface area contributed by atoms with E-state index in [-0.39, 0.29) is 24.8 Å². The molecular weight excluding hydrogens is 420 g/mol. The molecule has 0 aromatic rings. The van der Waals surface area contributed by atoms with Gasteiger partial charge in [-0.05, 0) is 71.0 Å². The second-order valence-corrected chi connectivity index (χ2v) is 10.6. The zero-order valence-electron chi connectivity index (χ0n) is 20.5. The van der Waals surface area contributed by atoms with Gasteiger partial charge in [-0.1, -0.05) is 19.3 Å². The summed E-state index contributed by atoms with van der Waals surface area (Å²) in [5.74, 6) is -0.00608. The van der Waals surface area contributed by atoms with Crippen LogP contribution >= 0.6 is 0 Å². The quantitative estimate of drug-likeness (QED) is 0.562. The zero-order valence-corrected chi connectivity index (χ0v) is 20.5. The van der Waals surface area contributed by atoms with E-state index in [0.29, 0.717) is 6.42 Å². The highest BCUT2D eigenvalue weighted by Crippen LogP contribution is 2.30. The van der Waals surface area contributed by atoms with Gasteiger partial charge in [0, 0.05) is 45.2 Å². The number of hydrogen-bond acceptors (Lipinski definition) is 6. The fourth-order valence-electron chi connectivity index (χ4n) is 6.33. The molecule has 33 heavy (non-hydrogen) atoms. The maximum absolute atomic E-state index is 12.6. The number of aliphatic carboxylic acids is 1. The van der Waals surface area contributed by atoms with E-state index in [1.54, 1.807) is 0 Å². The molecule has 4 aliphatic rings. The molecule has 8 nitrogen and oxygen atoms in total. The number of nitrogens with zero attached hydrogens (tertiary/aromatic N) is 4. The predicted molar refractivity (Wildman–Crippen MR) is 127 cm³/mol. The maximum atomic E-state index is 12.6. The number of rotatable bonds is 9. The van der Waals surface area contributed by atoms with Gasteiger partial charge < -0.3 is 24.5 Å². The molecule has 1 N–H and O–H groups in total. The lowest BCUT2D eigenvalue weighted by atomic mass is 9.89. The standard InChI is InChI=1S/C25H44N4O4/c1-20-24(28-18-16-26(17-19-28)12-5-8-23(30)31)33-25(32)29(20)15-11-21-9-13-27(14-10-21)22-6-3-2-4-7-22/h20-22,24H,2-19H2,1H3,(H,30,31). The van der Waals surface area contributed by atoms with Crippen molar-refractivity contribution in [2.24, 2.45) is 5.92 Å². The summed E-state index contributed by atoms with van der Waals surface area (Å²) in [5, 5.41) is 8.82. The molecule has 188 valence electrons. The molecule has 0 aromatic carbocycles. The number of cyclic esters (lactones) is 1. The fourth-order valence-corrected chi connectivity index (χ4v) is 6.33. The molecular formula is C25H44N4O4. The van der Waals surface area contributed by atoms with Crippen LogP contribution in [-0.2, 0) is 9.53 Å². The van der Waals surface area contributed by atoms with Gasteiger partial charge in [-0.15, -0.1) is 0 Å². The number of amides is 1. The summed E-state index contributed by atoms with van der Waals surface area (Å²) in [7, 11) is 0. The Bertz CT molecular complexity index is 640. The number of likely N-dealkylation sites (tertiary alicyclic amines) is 1. The van der Waals surface area contributed by atoms with Gasteiger partial charge in [-0.25, -0.2) is 4.79 Å². The van der Waals surface area contributed by atoms with Gasteiger partial charge in [-0.3, -0.25) is 9.69 Å². The lowest BCUT2D eigenvalue weighted by Crippen LogP contribution is -2.53. The highest BCUT2D eigenvalue weighted by molar-refractivity contribution is 5.70. The number of piperazine rings is 1. The van der Waals surface area contributed by atoms with E-state index in [2.05, 4.69) is 21.6 Å². The van der Waals surface area contributed by atoms with Crippen molar-refractivity contribution in [1.29, 1.82) is 0 Å². The van der Waals surface area contributed by atoms with Crippen molar-refractivity contribution in [2.75, 3.05) is 52.4 Å². The minimum atomic E-state index is -0.727.